The maximum Gasteiger partial charge on any atom is 0.303 e. The molecule has 37 heavy (non-hydrogen) atoms. The number of carboxylic acid groups (broad SMARTS) is 1. The van der Waals surface area contributed by atoms with Gasteiger partial charge in [0.2, 0.25) is 5.89 Å². The van der Waals surface area contributed by atoms with Crippen molar-refractivity contribution in [3.8, 4) is 23.0 Å². The van der Waals surface area contributed by atoms with Gasteiger partial charge in [-0.1, -0.05) is 43.3 Å². The standard InChI is InChI=1S/C31H31NO5/c1-2-29-28(16-17-35-26-14-15-27-23(18-26)8-9-24(27)19-30(33)34)32-31(37-29)22-10-12-25(13-11-22)36-20-21-6-4-3-5-7-21/h3-7,10-15,18,24H,2,8-9,16-17,19-20H2,1H3,(H,33,34)/t24-/m0/s1. The first kappa shape index (κ1) is 24.6. The van der Waals surface area contributed by atoms with Gasteiger partial charge in [-0.05, 0) is 71.8 Å². The summed E-state index contributed by atoms with van der Waals surface area (Å²) < 4.78 is 18.0. The Morgan fingerprint density at radius 3 is 2.57 bits per heavy atom. The van der Waals surface area contributed by atoms with Crippen LogP contribution in [0.1, 0.15) is 53.8 Å². The minimum Gasteiger partial charge on any atom is -0.493 e. The Balaban J connectivity index is 1.18. The van der Waals surface area contributed by atoms with E-state index in [1.54, 1.807) is 0 Å². The molecule has 0 unspecified atom stereocenters. The number of carboxylic acids is 1. The molecule has 6 heteroatoms. The first-order valence-electron chi connectivity index (χ1n) is 12.8. The molecule has 1 aliphatic carbocycles. The van der Waals surface area contributed by atoms with Crippen molar-refractivity contribution in [3.63, 3.8) is 0 Å². The highest BCUT2D eigenvalue weighted by molar-refractivity contribution is 5.68. The van der Waals surface area contributed by atoms with Crippen LogP contribution in [-0.2, 0) is 30.7 Å². The fourth-order valence-corrected chi connectivity index (χ4v) is 4.87. The molecule has 1 aliphatic rings. The molecule has 0 radical (unpaired) electrons. The number of benzene rings is 3. The van der Waals surface area contributed by atoms with Gasteiger partial charge in [-0.25, -0.2) is 4.98 Å². The Morgan fingerprint density at radius 2 is 1.81 bits per heavy atom. The Morgan fingerprint density at radius 1 is 1.03 bits per heavy atom. The topological polar surface area (TPSA) is 81.8 Å². The summed E-state index contributed by atoms with van der Waals surface area (Å²) in [5.74, 6) is 2.43. The van der Waals surface area contributed by atoms with E-state index in [9.17, 15) is 4.79 Å². The molecule has 0 bridgehead atoms. The molecule has 0 amide bonds. The van der Waals surface area contributed by atoms with Gasteiger partial charge in [0.05, 0.1) is 18.7 Å². The third-order valence-corrected chi connectivity index (χ3v) is 6.79. The van der Waals surface area contributed by atoms with Crippen LogP contribution in [-0.4, -0.2) is 22.7 Å². The van der Waals surface area contributed by atoms with Crippen LogP contribution in [0, 0.1) is 0 Å². The van der Waals surface area contributed by atoms with E-state index in [1.165, 1.54) is 5.56 Å². The van der Waals surface area contributed by atoms with Crippen LogP contribution < -0.4 is 9.47 Å². The van der Waals surface area contributed by atoms with Crippen molar-refractivity contribution in [2.24, 2.45) is 0 Å². The number of hydrogen-bond acceptors (Lipinski definition) is 5. The van der Waals surface area contributed by atoms with Crippen molar-refractivity contribution in [3.05, 3.63) is 101 Å². The molecule has 1 atom stereocenters. The first-order chi connectivity index (χ1) is 18.1. The largest absolute Gasteiger partial charge is 0.493 e. The van der Waals surface area contributed by atoms with Crippen molar-refractivity contribution >= 4 is 5.97 Å². The van der Waals surface area contributed by atoms with Gasteiger partial charge < -0.3 is 19.0 Å². The monoisotopic (exact) mass is 497 g/mol. The summed E-state index contributed by atoms with van der Waals surface area (Å²) in [5.41, 5.74) is 5.27. The van der Waals surface area contributed by atoms with Gasteiger partial charge >= 0.3 is 5.97 Å². The highest BCUT2D eigenvalue weighted by Gasteiger charge is 2.25. The third kappa shape index (κ3) is 6.02. The van der Waals surface area contributed by atoms with E-state index >= 15 is 0 Å². The second-order valence-electron chi connectivity index (χ2n) is 9.33. The van der Waals surface area contributed by atoms with Crippen LogP contribution in [0.4, 0.5) is 0 Å². The summed E-state index contributed by atoms with van der Waals surface area (Å²) in [7, 11) is 0. The average molecular weight is 498 g/mol. The lowest BCUT2D eigenvalue weighted by Crippen LogP contribution is -2.05. The zero-order chi connectivity index (χ0) is 25.6. The van der Waals surface area contributed by atoms with Crippen molar-refractivity contribution in [1.29, 1.82) is 0 Å². The lowest BCUT2D eigenvalue weighted by atomic mass is 9.98. The first-order valence-corrected chi connectivity index (χ1v) is 12.8. The van der Waals surface area contributed by atoms with E-state index in [1.807, 2.05) is 72.8 Å². The van der Waals surface area contributed by atoms with E-state index in [-0.39, 0.29) is 12.3 Å². The minimum atomic E-state index is -0.746. The van der Waals surface area contributed by atoms with Crippen LogP contribution in [0.15, 0.2) is 77.2 Å². The van der Waals surface area contributed by atoms with Crippen LogP contribution in [0.3, 0.4) is 0 Å². The summed E-state index contributed by atoms with van der Waals surface area (Å²) >= 11 is 0. The third-order valence-electron chi connectivity index (χ3n) is 6.79. The highest BCUT2D eigenvalue weighted by Crippen LogP contribution is 2.37. The molecule has 190 valence electrons. The SMILES string of the molecule is CCc1oc(-c2ccc(OCc3ccccc3)cc2)nc1CCOc1ccc2c(c1)CC[C@H]2CC(=O)O. The van der Waals surface area contributed by atoms with Gasteiger partial charge in [0.15, 0.2) is 0 Å². The van der Waals surface area contributed by atoms with Crippen molar-refractivity contribution in [1.82, 2.24) is 4.98 Å². The van der Waals surface area contributed by atoms with Crippen LogP contribution in [0.2, 0.25) is 0 Å². The van der Waals surface area contributed by atoms with E-state index < -0.39 is 5.97 Å². The summed E-state index contributed by atoms with van der Waals surface area (Å²) in [6, 6.07) is 23.9. The predicted molar refractivity (Wildman–Crippen MR) is 141 cm³/mol. The van der Waals surface area contributed by atoms with Gasteiger partial charge in [0.25, 0.3) is 0 Å². The Kier molecular flexibility index (Phi) is 7.54. The molecular weight excluding hydrogens is 466 g/mol. The number of aromatic nitrogens is 1. The van der Waals surface area contributed by atoms with Crippen LogP contribution in [0.25, 0.3) is 11.5 Å². The molecule has 1 heterocycles. The maximum atomic E-state index is 11.1. The maximum absolute atomic E-state index is 11.1. The Labute approximate surface area is 216 Å². The zero-order valence-corrected chi connectivity index (χ0v) is 21.0. The number of fused-ring (bicyclic) bond motifs is 1. The number of aryl methyl sites for hydroxylation is 2. The number of hydrogen-bond donors (Lipinski definition) is 1. The summed E-state index contributed by atoms with van der Waals surface area (Å²) in [6.45, 7) is 3.07. The number of rotatable bonds is 11. The molecule has 1 aromatic heterocycles. The van der Waals surface area contributed by atoms with Gasteiger partial charge in [-0.3, -0.25) is 4.79 Å². The number of nitrogens with zero attached hydrogens (tertiary/aromatic N) is 1. The molecule has 1 N–H and O–H groups in total. The number of ether oxygens (including phenoxy) is 2. The van der Waals surface area contributed by atoms with Crippen molar-refractivity contribution in [2.45, 2.75) is 51.6 Å². The molecule has 3 aromatic carbocycles. The van der Waals surface area contributed by atoms with Crippen LogP contribution >= 0.6 is 0 Å². The Bertz CT molecular complexity index is 1340. The minimum absolute atomic E-state index is 0.103. The quantitative estimate of drug-likeness (QED) is 0.251. The van der Waals surface area contributed by atoms with E-state index in [0.717, 1.165) is 58.9 Å². The van der Waals surface area contributed by atoms with E-state index in [0.29, 0.717) is 25.5 Å². The van der Waals surface area contributed by atoms with E-state index in [4.69, 9.17) is 24.0 Å². The van der Waals surface area contributed by atoms with Gasteiger partial charge in [0.1, 0.15) is 23.9 Å². The van der Waals surface area contributed by atoms with Crippen LogP contribution in [0.5, 0.6) is 11.5 Å². The molecule has 5 rings (SSSR count). The highest BCUT2D eigenvalue weighted by atomic mass is 16.5. The summed E-state index contributed by atoms with van der Waals surface area (Å²) in [6.07, 6.45) is 3.36. The Hall–Kier alpha value is -4.06. The second-order valence-corrected chi connectivity index (χ2v) is 9.33. The molecule has 0 saturated heterocycles. The summed E-state index contributed by atoms with van der Waals surface area (Å²) in [4.78, 5) is 15.9. The molecule has 0 spiro atoms. The van der Waals surface area contributed by atoms with Crippen molar-refractivity contribution in [2.75, 3.05) is 6.61 Å². The number of carbonyl (C=O) groups is 1. The smallest absolute Gasteiger partial charge is 0.303 e. The molecule has 0 fully saturated rings. The average Bonchev–Trinajstić information content (AvgIpc) is 3.52. The fourth-order valence-electron chi connectivity index (χ4n) is 4.87. The summed E-state index contributed by atoms with van der Waals surface area (Å²) in [5, 5.41) is 9.12. The molecule has 0 aliphatic heterocycles. The zero-order valence-electron chi connectivity index (χ0n) is 21.0. The normalized spacial score (nSPS) is 14.4. The molecule has 0 saturated carbocycles. The van der Waals surface area contributed by atoms with Gasteiger partial charge in [-0.15, -0.1) is 0 Å². The second kappa shape index (κ2) is 11.3. The number of aliphatic carboxylic acids is 1. The van der Waals surface area contributed by atoms with E-state index in [2.05, 4.69) is 6.92 Å². The lowest BCUT2D eigenvalue weighted by Gasteiger charge is -2.10. The fraction of sp³-hybridized carbons (Fsp3) is 0.290. The molecular formula is C31H31NO5. The number of oxazole rings is 1. The van der Waals surface area contributed by atoms with Gasteiger partial charge in [-0.2, -0.15) is 0 Å². The molecule has 4 aromatic rings. The lowest BCUT2D eigenvalue weighted by molar-refractivity contribution is -0.137. The van der Waals surface area contributed by atoms with Gasteiger partial charge in [0, 0.05) is 18.4 Å². The predicted octanol–water partition coefficient (Wildman–Crippen LogP) is 6.61. The molecule has 6 nitrogen and oxygen atoms in total. The van der Waals surface area contributed by atoms with Crippen molar-refractivity contribution < 1.29 is 23.8 Å².